The summed E-state index contributed by atoms with van der Waals surface area (Å²) in [5.41, 5.74) is 9.25. The van der Waals surface area contributed by atoms with Crippen LogP contribution >= 0.6 is 45.9 Å². The molecule has 0 saturated heterocycles. The van der Waals surface area contributed by atoms with Crippen molar-refractivity contribution in [1.82, 2.24) is 0 Å². The van der Waals surface area contributed by atoms with Crippen LogP contribution in [-0.2, 0) is 5.41 Å². The fourth-order valence-corrected chi connectivity index (χ4v) is 8.44. The Bertz CT molecular complexity index is 1300. The van der Waals surface area contributed by atoms with Crippen molar-refractivity contribution in [2.75, 3.05) is 0 Å². The maximum atomic E-state index is 6.61. The molecule has 2 aliphatic carbocycles. The largest absolute Gasteiger partial charge is 0.128 e. The van der Waals surface area contributed by atoms with Crippen LogP contribution in [0.5, 0.6) is 0 Å². The van der Waals surface area contributed by atoms with Gasteiger partial charge in [-0.05, 0) is 83.7 Å². The van der Waals surface area contributed by atoms with Gasteiger partial charge in [-0.15, -0.1) is 29.3 Å². The van der Waals surface area contributed by atoms with Gasteiger partial charge in [0.25, 0.3) is 0 Å². The minimum atomic E-state index is -0.150. The fraction of sp³-hybridized carbons (Fsp3) is 0.310. The molecule has 0 unspecified atom stereocenters. The van der Waals surface area contributed by atoms with E-state index < -0.39 is 0 Å². The van der Waals surface area contributed by atoms with Crippen LogP contribution in [0.3, 0.4) is 0 Å². The summed E-state index contributed by atoms with van der Waals surface area (Å²) >= 11 is 16.5. The molecule has 170 valence electrons. The maximum Gasteiger partial charge on any atom is 0.0937 e. The Hall–Kier alpha value is -1.58. The molecule has 2 aliphatic rings. The minimum Gasteiger partial charge on any atom is -0.128 e. The van der Waals surface area contributed by atoms with Gasteiger partial charge >= 0.3 is 0 Å². The van der Waals surface area contributed by atoms with E-state index in [-0.39, 0.29) is 5.41 Å². The van der Waals surface area contributed by atoms with Crippen molar-refractivity contribution in [3.05, 3.63) is 95.3 Å². The highest BCUT2D eigenvalue weighted by atomic mass is 35.5. The number of aryl methyl sites for hydroxylation is 2. The van der Waals surface area contributed by atoms with Crippen molar-refractivity contribution in [3.63, 3.8) is 0 Å². The molecular formula is C29H28Cl2S2. The zero-order valence-electron chi connectivity index (χ0n) is 19.3. The highest BCUT2D eigenvalue weighted by Gasteiger charge is 2.52. The van der Waals surface area contributed by atoms with Gasteiger partial charge in [0.15, 0.2) is 0 Å². The van der Waals surface area contributed by atoms with Crippen molar-refractivity contribution < 1.29 is 0 Å². The number of allylic oxidation sites excluding steroid dienone is 3. The van der Waals surface area contributed by atoms with Crippen LogP contribution in [0.15, 0.2) is 49.1 Å². The van der Waals surface area contributed by atoms with E-state index in [1.807, 2.05) is 0 Å². The molecule has 0 aliphatic heterocycles. The molecule has 2 aromatic heterocycles. The third kappa shape index (κ3) is 3.53. The van der Waals surface area contributed by atoms with E-state index >= 15 is 0 Å². The average Bonchev–Trinajstić information content (AvgIpc) is 3.39. The molecule has 2 atom stereocenters. The van der Waals surface area contributed by atoms with Crippen molar-refractivity contribution >= 4 is 63.1 Å². The number of benzene rings is 1. The highest BCUT2D eigenvalue weighted by molar-refractivity contribution is 7.16. The first kappa shape index (κ1) is 23.2. The minimum absolute atomic E-state index is 0.150. The maximum absolute atomic E-state index is 6.61. The quantitative estimate of drug-likeness (QED) is 0.277. The lowest BCUT2D eigenvalue weighted by Gasteiger charge is -2.43. The Kier molecular flexibility index (Phi) is 6.24. The van der Waals surface area contributed by atoms with Crippen molar-refractivity contribution in [1.29, 1.82) is 0 Å². The number of hydrogen-bond donors (Lipinski definition) is 0. The summed E-state index contributed by atoms with van der Waals surface area (Å²) in [7, 11) is 0. The first-order valence-corrected chi connectivity index (χ1v) is 14.0. The SMILES string of the molecule is C=CC[C@@]12C(c3cc(Cl)sc3C)=C(c3cc(Cl)sc3C)c3cccc(c31)C=C[C@@H]2CCCC. The summed E-state index contributed by atoms with van der Waals surface area (Å²) in [6.45, 7) is 10.9. The van der Waals surface area contributed by atoms with Crippen LogP contribution < -0.4 is 0 Å². The van der Waals surface area contributed by atoms with Crippen LogP contribution in [-0.4, -0.2) is 0 Å². The molecule has 0 N–H and O–H groups in total. The van der Waals surface area contributed by atoms with Gasteiger partial charge in [-0.3, -0.25) is 0 Å². The molecule has 0 spiro atoms. The predicted molar refractivity (Wildman–Crippen MR) is 149 cm³/mol. The zero-order valence-corrected chi connectivity index (χ0v) is 22.4. The Balaban J connectivity index is 1.94. The molecule has 0 fully saturated rings. The fourth-order valence-electron chi connectivity index (χ4n) is 6.05. The van der Waals surface area contributed by atoms with Gasteiger partial charge in [0.05, 0.1) is 8.67 Å². The number of thiophene rings is 2. The highest BCUT2D eigenvalue weighted by Crippen LogP contribution is 2.63. The standard InChI is InChI=1S/C29H28Cl2S2/c1-5-7-10-20-13-12-19-9-8-11-21-26(22-15-24(30)32-17(22)3)28(23-16-25(31)33-18(23)4)29(20,14-6-2)27(19)21/h6,8-9,11-13,15-16,20H,2,5,7,10,14H2,1,3-4H3/t20-,29-/m0/s1. The van der Waals surface area contributed by atoms with Crippen LogP contribution in [0, 0.1) is 19.8 Å². The van der Waals surface area contributed by atoms with Crippen molar-refractivity contribution in [2.45, 2.75) is 51.9 Å². The number of rotatable bonds is 7. The van der Waals surface area contributed by atoms with Gasteiger partial charge in [-0.1, -0.05) is 79.4 Å². The average molecular weight is 512 g/mol. The summed E-state index contributed by atoms with van der Waals surface area (Å²) in [5, 5.41) is 0. The lowest BCUT2D eigenvalue weighted by atomic mass is 9.59. The number of unbranched alkanes of at least 4 members (excludes halogenated alkanes) is 1. The van der Waals surface area contributed by atoms with Crippen LogP contribution in [0.25, 0.3) is 17.2 Å². The molecule has 0 radical (unpaired) electrons. The first-order chi connectivity index (χ1) is 15.9. The molecule has 1 aromatic carbocycles. The smallest absolute Gasteiger partial charge is 0.0937 e. The summed E-state index contributed by atoms with van der Waals surface area (Å²) in [5.74, 6) is 0.407. The molecule has 5 rings (SSSR count). The summed E-state index contributed by atoms with van der Waals surface area (Å²) in [6.07, 6.45) is 11.4. The second-order valence-electron chi connectivity index (χ2n) is 9.13. The second kappa shape index (κ2) is 8.89. The van der Waals surface area contributed by atoms with E-state index in [1.165, 1.54) is 61.6 Å². The molecule has 0 nitrogen and oxygen atoms in total. The van der Waals surface area contributed by atoms with Gasteiger partial charge in [0, 0.05) is 15.2 Å². The first-order valence-electron chi connectivity index (χ1n) is 11.6. The van der Waals surface area contributed by atoms with Crippen molar-refractivity contribution in [2.24, 2.45) is 5.92 Å². The molecule has 2 heterocycles. The van der Waals surface area contributed by atoms with Gasteiger partial charge in [0.1, 0.15) is 0 Å². The topological polar surface area (TPSA) is 0 Å². The molecule has 0 saturated carbocycles. The summed E-state index contributed by atoms with van der Waals surface area (Å²) in [4.78, 5) is 2.53. The van der Waals surface area contributed by atoms with Crippen LogP contribution in [0.1, 0.15) is 70.2 Å². The molecule has 33 heavy (non-hydrogen) atoms. The summed E-state index contributed by atoms with van der Waals surface area (Å²) < 4.78 is 1.68. The zero-order chi connectivity index (χ0) is 23.3. The summed E-state index contributed by atoms with van der Waals surface area (Å²) in [6, 6.07) is 11.1. The predicted octanol–water partition coefficient (Wildman–Crippen LogP) is 10.4. The van der Waals surface area contributed by atoms with Crippen LogP contribution in [0.2, 0.25) is 8.67 Å². The van der Waals surface area contributed by atoms with Gasteiger partial charge in [0.2, 0.25) is 0 Å². The van der Waals surface area contributed by atoms with Gasteiger partial charge < -0.3 is 0 Å². The van der Waals surface area contributed by atoms with Gasteiger partial charge in [-0.25, -0.2) is 0 Å². The van der Waals surface area contributed by atoms with E-state index in [4.69, 9.17) is 23.2 Å². The Morgan fingerprint density at radius 2 is 1.73 bits per heavy atom. The number of halogens is 2. The van der Waals surface area contributed by atoms with Crippen molar-refractivity contribution in [3.8, 4) is 0 Å². The molecular weight excluding hydrogens is 483 g/mol. The van der Waals surface area contributed by atoms with E-state index in [9.17, 15) is 0 Å². The number of hydrogen-bond acceptors (Lipinski definition) is 2. The van der Waals surface area contributed by atoms with E-state index in [0.29, 0.717) is 5.92 Å². The molecule has 0 bridgehead atoms. The monoisotopic (exact) mass is 510 g/mol. The molecule has 4 heteroatoms. The van der Waals surface area contributed by atoms with Crippen LogP contribution in [0.4, 0.5) is 0 Å². The second-order valence-corrected chi connectivity index (χ2v) is 12.9. The van der Waals surface area contributed by atoms with E-state index in [1.54, 1.807) is 22.7 Å². The van der Waals surface area contributed by atoms with E-state index in [0.717, 1.165) is 21.5 Å². The third-order valence-electron chi connectivity index (χ3n) is 7.30. The lowest BCUT2D eigenvalue weighted by molar-refractivity contribution is 0.379. The molecule has 3 aromatic rings. The third-order valence-corrected chi connectivity index (χ3v) is 9.66. The Morgan fingerprint density at radius 3 is 2.33 bits per heavy atom. The lowest BCUT2D eigenvalue weighted by Crippen LogP contribution is -2.36. The van der Waals surface area contributed by atoms with Gasteiger partial charge in [-0.2, -0.15) is 0 Å². The Labute approximate surface area is 215 Å². The normalized spacial score (nSPS) is 21.1. The van der Waals surface area contributed by atoms with E-state index in [2.05, 4.69) is 75.9 Å². The molecule has 0 amide bonds. The Morgan fingerprint density at radius 1 is 1.03 bits per heavy atom.